The van der Waals surface area contributed by atoms with E-state index in [1.165, 1.54) is 0 Å². The Morgan fingerprint density at radius 2 is 2.06 bits per heavy atom. The lowest BCUT2D eigenvalue weighted by atomic mass is 9.98. The molecule has 0 aromatic carbocycles. The van der Waals surface area contributed by atoms with E-state index >= 15 is 0 Å². The van der Waals surface area contributed by atoms with E-state index in [0.29, 0.717) is 19.1 Å². The highest BCUT2D eigenvalue weighted by Gasteiger charge is 2.21. The zero-order valence-corrected chi connectivity index (χ0v) is 11.4. The molecule has 1 heterocycles. The molecule has 0 fully saturated rings. The van der Waals surface area contributed by atoms with Crippen molar-refractivity contribution < 1.29 is 5.11 Å². The minimum absolute atomic E-state index is 0.395. The first-order valence-electron chi connectivity index (χ1n) is 6.48. The summed E-state index contributed by atoms with van der Waals surface area (Å²) in [6.07, 6.45) is 3.54. The maximum absolute atomic E-state index is 10.1. The largest absolute Gasteiger partial charge is 0.389 e. The van der Waals surface area contributed by atoms with Gasteiger partial charge in [0.25, 0.3) is 0 Å². The molecule has 4 nitrogen and oxygen atoms in total. The van der Waals surface area contributed by atoms with Gasteiger partial charge in [0.15, 0.2) is 0 Å². The van der Waals surface area contributed by atoms with Crippen molar-refractivity contribution in [2.75, 3.05) is 6.54 Å². The van der Waals surface area contributed by atoms with Crippen LogP contribution in [0.25, 0.3) is 0 Å². The van der Waals surface area contributed by atoms with Crippen LogP contribution < -0.4 is 5.32 Å². The molecular weight excluding hydrogens is 214 g/mol. The molecule has 0 spiro atoms. The highest BCUT2D eigenvalue weighted by molar-refractivity contribution is 4.99. The molecule has 0 saturated heterocycles. The topological polar surface area (TPSA) is 50.1 Å². The van der Waals surface area contributed by atoms with E-state index in [-0.39, 0.29) is 0 Å². The molecular formula is C13H25N3O. The predicted octanol–water partition coefficient (Wildman–Crippen LogP) is 2.10. The lowest BCUT2D eigenvalue weighted by Gasteiger charge is -2.25. The van der Waals surface area contributed by atoms with Crippen LogP contribution in [-0.2, 0) is 6.54 Å². The van der Waals surface area contributed by atoms with Crippen LogP contribution in [0.4, 0.5) is 0 Å². The molecule has 1 rings (SSSR count). The van der Waals surface area contributed by atoms with Gasteiger partial charge in [0.1, 0.15) is 0 Å². The van der Waals surface area contributed by atoms with Gasteiger partial charge in [0, 0.05) is 25.3 Å². The van der Waals surface area contributed by atoms with E-state index < -0.39 is 5.60 Å². The molecule has 1 aromatic rings. The Morgan fingerprint density at radius 3 is 2.53 bits per heavy atom. The number of nitrogens with one attached hydrogen (secondary N) is 1. The van der Waals surface area contributed by atoms with E-state index in [4.69, 9.17) is 0 Å². The molecule has 0 bridgehead atoms. The number of hydrogen-bond donors (Lipinski definition) is 2. The Labute approximate surface area is 104 Å². The third-order valence-corrected chi connectivity index (χ3v) is 3.27. The van der Waals surface area contributed by atoms with Crippen LogP contribution in [0, 0.1) is 0 Å². The molecule has 17 heavy (non-hydrogen) atoms. The average molecular weight is 239 g/mol. The molecule has 0 atom stereocenters. The standard InChI is InChI=1S/C13H25N3O/c1-5-13(17,6-2)10-14-9-12-7-8-16(15-12)11(3)4/h7-8,11,14,17H,5-6,9-10H2,1-4H3. The van der Waals surface area contributed by atoms with Gasteiger partial charge < -0.3 is 10.4 Å². The van der Waals surface area contributed by atoms with Crippen LogP contribution in [0.3, 0.4) is 0 Å². The van der Waals surface area contributed by atoms with Crippen molar-refractivity contribution in [3.05, 3.63) is 18.0 Å². The Bertz CT molecular complexity index is 329. The van der Waals surface area contributed by atoms with Crippen molar-refractivity contribution >= 4 is 0 Å². The van der Waals surface area contributed by atoms with E-state index in [0.717, 1.165) is 18.5 Å². The van der Waals surface area contributed by atoms with Crippen LogP contribution in [-0.4, -0.2) is 27.0 Å². The van der Waals surface area contributed by atoms with Gasteiger partial charge in [-0.15, -0.1) is 0 Å². The second-order valence-corrected chi connectivity index (χ2v) is 4.92. The second kappa shape index (κ2) is 6.17. The molecule has 0 radical (unpaired) electrons. The Balaban J connectivity index is 2.40. The number of rotatable bonds is 7. The zero-order valence-electron chi connectivity index (χ0n) is 11.4. The molecule has 0 unspecified atom stereocenters. The molecule has 0 aliphatic heterocycles. The Hall–Kier alpha value is -0.870. The predicted molar refractivity (Wildman–Crippen MR) is 69.9 cm³/mol. The molecule has 1 aromatic heterocycles. The van der Waals surface area contributed by atoms with Crippen molar-refractivity contribution in [2.24, 2.45) is 0 Å². The van der Waals surface area contributed by atoms with E-state index in [2.05, 4.69) is 24.3 Å². The highest BCUT2D eigenvalue weighted by Crippen LogP contribution is 2.13. The van der Waals surface area contributed by atoms with Gasteiger partial charge in [-0.25, -0.2) is 0 Å². The molecule has 0 aliphatic rings. The monoisotopic (exact) mass is 239 g/mol. The fourth-order valence-electron chi connectivity index (χ4n) is 1.68. The summed E-state index contributed by atoms with van der Waals surface area (Å²) in [5, 5.41) is 17.8. The van der Waals surface area contributed by atoms with Crippen molar-refractivity contribution in [2.45, 2.75) is 58.7 Å². The Kier molecular flexibility index (Phi) is 5.15. The number of aliphatic hydroxyl groups is 1. The lowest BCUT2D eigenvalue weighted by molar-refractivity contribution is 0.0322. The summed E-state index contributed by atoms with van der Waals surface area (Å²) in [4.78, 5) is 0. The van der Waals surface area contributed by atoms with Crippen molar-refractivity contribution in [1.29, 1.82) is 0 Å². The van der Waals surface area contributed by atoms with Gasteiger partial charge in [-0.3, -0.25) is 4.68 Å². The number of hydrogen-bond acceptors (Lipinski definition) is 3. The molecule has 2 N–H and O–H groups in total. The summed E-state index contributed by atoms with van der Waals surface area (Å²) >= 11 is 0. The minimum atomic E-state index is -0.583. The van der Waals surface area contributed by atoms with Gasteiger partial charge in [-0.05, 0) is 32.8 Å². The third-order valence-electron chi connectivity index (χ3n) is 3.27. The molecule has 0 saturated carbocycles. The first-order valence-corrected chi connectivity index (χ1v) is 6.48. The Morgan fingerprint density at radius 1 is 1.41 bits per heavy atom. The zero-order chi connectivity index (χ0) is 12.9. The first-order chi connectivity index (χ1) is 8.00. The van der Waals surface area contributed by atoms with Crippen LogP contribution in [0.15, 0.2) is 12.3 Å². The molecule has 4 heteroatoms. The van der Waals surface area contributed by atoms with Crippen molar-refractivity contribution in [1.82, 2.24) is 15.1 Å². The van der Waals surface area contributed by atoms with Gasteiger partial charge >= 0.3 is 0 Å². The van der Waals surface area contributed by atoms with Gasteiger partial charge in [-0.1, -0.05) is 13.8 Å². The van der Waals surface area contributed by atoms with E-state index in [1.807, 2.05) is 30.8 Å². The van der Waals surface area contributed by atoms with Gasteiger partial charge in [0.2, 0.25) is 0 Å². The summed E-state index contributed by atoms with van der Waals surface area (Å²) in [6.45, 7) is 9.57. The molecule has 0 aliphatic carbocycles. The average Bonchev–Trinajstić information content (AvgIpc) is 2.78. The summed E-state index contributed by atoms with van der Waals surface area (Å²) < 4.78 is 1.95. The summed E-state index contributed by atoms with van der Waals surface area (Å²) in [7, 11) is 0. The maximum Gasteiger partial charge on any atom is 0.0766 e. The molecule has 98 valence electrons. The third kappa shape index (κ3) is 4.13. The SMILES string of the molecule is CCC(O)(CC)CNCc1ccn(C(C)C)n1. The fraction of sp³-hybridized carbons (Fsp3) is 0.769. The maximum atomic E-state index is 10.1. The van der Waals surface area contributed by atoms with Crippen LogP contribution >= 0.6 is 0 Å². The quantitative estimate of drug-likeness (QED) is 0.766. The summed E-state index contributed by atoms with van der Waals surface area (Å²) in [5.41, 5.74) is 0.439. The van der Waals surface area contributed by atoms with Crippen LogP contribution in [0.5, 0.6) is 0 Å². The first kappa shape index (κ1) is 14.2. The second-order valence-electron chi connectivity index (χ2n) is 4.92. The van der Waals surface area contributed by atoms with E-state index in [9.17, 15) is 5.11 Å². The highest BCUT2D eigenvalue weighted by atomic mass is 16.3. The fourth-order valence-corrected chi connectivity index (χ4v) is 1.68. The minimum Gasteiger partial charge on any atom is -0.389 e. The summed E-state index contributed by atoms with van der Waals surface area (Å²) in [6, 6.07) is 2.41. The van der Waals surface area contributed by atoms with E-state index in [1.54, 1.807) is 0 Å². The number of aromatic nitrogens is 2. The van der Waals surface area contributed by atoms with Gasteiger partial charge in [0.05, 0.1) is 11.3 Å². The number of nitrogens with zero attached hydrogens (tertiary/aromatic N) is 2. The molecule has 0 amide bonds. The lowest BCUT2D eigenvalue weighted by Crippen LogP contribution is -2.39. The van der Waals surface area contributed by atoms with Crippen LogP contribution in [0.2, 0.25) is 0 Å². The van der Waals surface area contributed by atoms with Gasteiger partial charge in [-0.2, -0.15) is 5.10 Å². The van der Waals surface area contributed by atoms with Crippen molar-refractivity contribution in [3.8, 4) is 0 Å². The van der Waals surface area contributed by atoms with Crippen LogP contribution in [0.1, 0.15) is 52.3 Å². The normalized spacial score (nSPS) is 12.4. The smallest absolute Gasteiger partial charge is 0.0766 e. The summed E-state index contributed by atoms with van der Waals surface area (Å²) in [5.74, 6) is 0. The van der Waals surface area contributed by atoms with Crippen molar-refractivity contribution in [3.63, 3.8) is 0 Å².